The Labute approximate surface area is 66.4 Å². The van der Waals surface area contributed by atoms with Crippen molar-refractivity contribution in [2.75, 3.05) is 5.73 Å². The maximum absolute atomic E-state index is 10.8. The number of nitrogens with two attached hydrogens (primary N) is 1. The van der Waals surface area contributed by atoms with E-state index in [9.17, 15) is 4.79 Å². The largest absolute Gasteiger partial charge is 0.394 e. The first-order valence-electron chi connectivity index (χ1n) is 2.76. The molecule has 54 valence electrons. The van der Waals surface area contributed by atoms with Crippen molar-refractivity contribution in [3.63, 3.8) is 0 Å². The molecule has 0 radical (unpaired) electrons. The molecule has 0 fully saturated rings. The van der Waals surface area contributed by atoms with E-state index in [0.29, 0.717) is 0 Å². The molecule has 0 spiro atoms. The maximum atomic E-state index is 10.8. The first kappa shape index (κ1) is 7.34. The van der Waals surface area contributed by atoms with E-state index in [1.165, 1.54) is 0 Å². The Bertz CT molecular complexity index is 305. The van der Waals surface area contributed by atoms with Gasteiger partial charge in [0, 0.05) is 10.2 Å². The van der Waals surface area contributed by atoms with Gasteiger partial charge >= 0.3 is 0 Å². The molecule has 0 aliphatic heterocycles. The highest BCUT2D eigenvalue weighted by molar-refractivity contribution is 9.10. The Kier molecular flexibility index (Phi) is 1.80. The van der Waals surface area contributed by atoms with Crippen LogP contribution in [0.4, 0.5) is 5.69 Å². The van der Waals surface area contributed by atoms with Crippen LogP contribution in [0.25, 0.3) is 0 Å². The van der Waals surface area contributed by atoms with Gasteiger partial charge in [-0.1, -0.05) is 0 Å². The molecule has 0 bridgehead atoms. The summed E-state index contributed by atoms with van der Waals surface area (Å²) in [7, 11) is 0. The van der Waals surface area contributed by atoms with Gasteiger partial charge in [-0.2, -0.15) is 0 Å². The van der Waals surface area contributed by atoms with Crippen LogP contribution in [0.2, 0.25) is 0 Å². The third-order valence-electron chi connectivity index (χ3n) is 1.20. The monoisotopic (exact) mass is 202 g/mol. The zero-order valence-electron chi connectivity index (χ0n) is 5.44. The van der Waals surface area contributed by atoms with Crippen molar-refractivity contribution in [2.24, 2.45) is 0 Å². The average Bonchev–Trinajstić information content (AvgIpc) is 1.84. The third-order valence-corrected chi connectivity index (χ3v) is 2.03. The molecule has 0 atom stereocenters. The highest BCUT2D eigenvalue weighted by Crippen LogP contribution is 2.12. The lowest BCUT2D eigenvalue weighted by molar-refractivity contribution is 1.13. The average molecular weight is 203 g/mol. The van der Waals surface area contributed by atoms with Crippen LogP contribution in [-0.2, 0) is 0 Å². The first-order chi connectivity index (χ1) is 4.61. The summed E-state index contributed by atoms with van der Waals surface area (Å²) in [6.45, 7) is 1.80. The smallest absolute Gasteiger partial charge is 0.271 e. The summed E-state index contributed by atoms with van der Waals surface area (Å²) in [5.74, 6) is 0. The fourth-order valence-corrected chi connectivity index (χ4v) is 0.958. The molecule has 0 aliphatic rings. The van der Waals surface area contributed by atoms with Gasteiger partial charge < -0.3 is 10.7 Å². The molecule has 3 nitrogen and oxygen atoms in total. The van der Waals surface area contributed by atoms with Gasteiger partial charge in [0.25, 0.3) is 5.56 Å². The summed E-state index contributed by atoms with van der Waals surface area (Å²) in [5.41, 5.74) is 6.11. The van der Waals surface area contributed by atoms with Crippen molar-refractivity contribution in [1.82, 2.24) is 4.98 Å². The van der Waals surface area contributed by atoms with E-state index in [0.717, 1.165) is 10.2 Å². The number of aromatic amines is 1. The number of hydrogen-bond acceptors (Lipinski definition) is 2. The molecule has 0 unspecified atom stereocenters. The molecule has 1 heterocycles. The van der Waals surface area contributed by atoms with Crippen molar-refractivity contribution in [3.05, 3.63) is 26.6 Å². The van der Waals surface area contributed by atoms with Crippen LogP contribution >= 0.6 is 15.9 Å². The standard InChI is InChI=1S/C6H7BrN2O/c1-3-4(7)2-5(8)6(10)9-3/h2H,8H2,1H3,(H,9,10). The fraction of sp³-hybridized carbons (Fsp3) is 0.167. The lowest BCUT2D eigenvalue weighted by Gasteiger charge is -1.97. The predicted octanol–water partition coefficient (Wildman–Crippen LogP) is 1.03. The van der Waals surface area contributed by atoms with Crippen molar-refractivity contribution in [1.29, 1.82) is 0 Å². The van der Waals surface area contributed by atoms with Crippen molar-refractivity contribution in [3.8, 4) is 0 Å². The quantitative estimate of drug-likeness (QED) is 0.661. The van der Waals surface area contributed by atoms with Crippen LogP contribution in [0.3, 0.4) is 0 Å². The molecular weight excluding hydrogens is 196 g/mol. The first-order valence-corrected chi connectivity index (χ1v) is 3.55. The fourth-order valence-electron chi connectivity index (χ4n) is 0.612. The molecule has 1 rings (SSSR count). The van der Waals surface area contributed by atoms with E-state index in [4.69, 9.17) is 5.73 Å². The predicted molar refractivity (Wildman–Crippen MR) is 43.9 cm³/mol. The van der Waals surface area contributed by atoms with E-state index in [-0.39, 0.29) is 11.2 Å². The number of nitrogen functional groups attached to an aromatic ring is 1. The van der Waals surface area contributed by atoms with Crippen LogP contribution in [0.5, 0.6) is 0 Å². The highest BCUT2D eigenvalue weighted by atomic mass is 79.9. The van der Waals surface area contributed by atoms with Gasteiger partial charge in [0.1, 0.15) is 0 Å². The third kappa shape index (κ3) is 1.21. The second-order valence-electron chi connectivity index (χ2n) is 2.03. The Morgan fingerprint density at radius 2 is 2.30 bits per heavy atom. The Morgan fingerprint density at radius 3 is 2.80 bits per heavy atom. The van der Waals surface area contributed by atoms with E-state index in [2.05, 4.69) is 20.9 Å². The van der Waals surface area contributed by atoms with Crippen LogP contribution in [0, 0.1) is 6.92 Å². The van der Waals surface area contributed by atoms with E-state index >= 15 is 0 Å². The molecule has 0 aromatic carbocycles. The minimum atomic E-state index is -0.235. The number of halogens is 1. The highest BCUT2D eigenvalue weighted by Gasteiger charge is 1.97. The lowest BCUT2D eigenvalue weighted by Crippen LogP contribution is -2.12. The van der Waals surface area contributed by atoms with Crippen LogP contribution < -0.4 is 11.3 Å². The second-order valence-corrected chi connectivity index (χ2v) is 2.88. The van der Waals surface area contributed by atoms with Gasteiger partial charge in [-0.05, 0) is 28.9 Å². The number of rotatable bonds is 0. The molecule has 0 saturated heterocycles. The molecule has 1 aromatic heterocycles. The zero-order chi connectivity index (χ0) is 7.72. The van der Waals surface area contributed by atoms with Crippen molar-refractivity contribution in [2.45, 2.75) is 6.92 Å². The van der Waals surface area contributed by atoms with Crippen LogP contribution in [0.15, 0.2) is 15.3 Å². The number of pyridine rings is 1. The molecule has 0 aliphatic carbocycles. The Morgan fingerprint density at radius 1 is 1.70 bits per heavy atom. The number of H-pyrrole nitrogens is 1. The number of anilines is 1. The minimum Gasteiger partial charge on any atom is -0.394 e. The Balaban J connectivity index is 3.43. The SMILES string of the molecule is Cc1[nH]c(=O)c(N)cc1Br. The number of aromatic nitrogens is 1. The van der Waals surface area contributed by atoms with Crippen LogP contribution in [-0.4, -0.2) is 4.98 Å². The van der Waals surface area contributed by atoms with Gasteiger partial charge in [0.2, 0.25) is 0 Å². The lowest BCUT2D eigenvalue weighted by atomic mass is 10.3. The normalized spacial score (nSPS) is 9.80. The summed E-state index contributed by atoms with van der Waals surface area (Å²) >= 11 is 3.23. The van der Waals surface area contributed by atoms with E-state index < -0.39 is 0 Å². The van der Waals surface area contributed by atoms with E-state index in [1.54, 1.807) is 13.0 Å². The summed E-state index contributed by atoms with van der Waals surface area (Å²) in [6.07, 6.45) is 0. The molecular formula is C6H7BrN2O. The second kappa shape index (κ2) is 2.46. The van der Waals surface area contributed by atoms with Gasteiger partial charge in [0.05, 0.1) is 5.69 Å². The van der Waals surface area contributed by atoms with Crippen LogP contribution in [0.1, 0.15) is 5.69 Å². The topological polar surface area (TPSA) is 58.9 Å². The van der Waals surface area contributed by atoms with E-state index in [1.807, 2.05) is 0 Å². The molecule has 10 heavy (non-hydrogen) atoms. The molecule has 0 amide bonds. The summed E-state index contributed by atoms with van der Waals surface area (Å²) in [4.78, 5) is 13.4. The molecule has 4 heteroatoms. The van der Waals surface area contributed by atoms with Gasteiger partial charge in [-0.3, -0.25) is 4.79 Å². The summed E-state index contributed by atoms with van der Waals surface area (Å²) in [6, 6.07) is 1.59. The van der Waals surface area contributed by atoms with Gasteiger partial charge in [-0.25, -0.2) is 0 Å². The number of aryl methyl sites for hydroxylation is 1. The van der Waals surface area contributed by atoms with Crippen molar-refractivity contribution < 1.29 is 0 Å². The summed E-state index contributed by atoms with van der Waals surface area (Å²) in [5, 5.41) is 0. The number of nitrogens with one attached hydrogen (secondary N) is 1. The zero-order valence-corrected chi connectivity index (χ0v) is 7.03. The molecule has 3 N–H and O–H groups in total. The maximum Gasteiger partial charge on any atom is 0.271 e. The van der Waals surface area contributed by atoms with Gasteiger partial charge in [-0.15, -0.1) is 0 Å². The van der Waals surface area contributed by atoms with Crippen molar-refractivity contribution >= 4 is 21.6 Å². The molecule has 1 aromatic rings. The summed E-state index contributed by atoms with van der Waals surface area (Å²) < 4.78 is 0.824. The minimum absolute atomic E-state index is 0.234. The molecule has 0 saturated carbocycles. The Hall–Kier alpha value is -0.770. The number of hydrogen-bond donors (Lipinski definition) is 2. The van der Waals surface area contributed by atoms with Gasteiger partial charge in [0.15, 0.2) is 0 Å².